The Morgan fingerprint density at radius 1 is 0.380 bits per heavy atom. The zero-order valence-electron chi connectivity index (χ0n) is 27.9. The summed E-state index contributed by atoms with van der Waals surface area (Å²) >= 11 is 0. The number of hydrogen-bond acceptors (Lipinski definition) is 1. The smallest absolute Gasteiger partial charge is 0.136 e. The standard InChI is InChI=1S/C49H32O/c1-49(2)40-25-22-30-23-26-43-48(39-17-9-10-18-42(39)50-43)46(30)47(40)38-24-21-33(28-41(38)49)45-36-15-7-5-13-34(36)44(35-14-6-8-16-37(35)45)32-20-19-29-11-3-4-12-31(29)27-32/h3-28H,1-2H3. The van der Waals surface area contributed by atoms with Gasteiger partial charge < -0.3 is 4.42 Å². The molecule has 1 heteroatoms. The van der Waals surface area contributed by atoms with E-state index in [9.17, 15) is 0 Å². The topological polar surface area (TPSA) is 13.1 Å². The van der Waals surface area contributed by atoms with Gasteiger partial charge in [0.2, 0.25) is 0 Å². The van der Waals surface area contributed by atoms with Crippen molar-refractivity contribution in [2.75, 3.05) is 0 Å². The molecule has 0 saturated carbocycles. The lowest BCUT2D eigenvalue weighted by Gasteiger charge is -2.23. The van der Waals surface area contributed by atoms with Crippen LogP contribution in [0, 0.1) is 0 Å². The summed E-state index contributed by atoms with van der Waals surface area (Å²) in [4.78, 5) is 0. The van der Waals surface area contributed by atoms with Crippen molar-refractivity contribution in [3.63, 3.8) is 0 Å². The Morgan fingerprint density at radius 2 is 0.940 bits per heavy atom. The van der Waals surface area contributed by atoms with Crippen LogP contribution in [0.5, 0.6) is 0 Å². The Kier molecular flexibility index (Phi) is 5.51. The quantitative estimate of drug-likeness (QED) is 0.172. The molecular formula is C49H32O. The van der Waals surface area contributed by atoms with Crippen LogP contribution in [0.4, 0.5) is 0 Å². The predicted molar refractivity (Wildman–Crippen MR) is 212 cm³/mol. The average molecular weight is 637 g/mol. The van der Waals surface area contributed by atoms with E-state index in [-0.39, 0.29) is 5.41 Å². The molecule has 0 unspecified atom stereocenters. The van der Waals surface area contributed by atoms with Crippen LogP contribution in [-0.4, -0.2) is 0 Å². The highest BCUT2D eigenvalue weighted by atomic mass is 16.3. The monoisotopic (exact) mass is 636 g/mol. The van der Waals surface area contributed by atoms with E-state index in [1.165, 1.54) is 98.4 Å². The molecule has 50 heavy (non-hydrogen) atoms. The molecule has 1 aromatic heterocycles. The zero-order chi connectivity index (χ0) is 33.1. The number of rotatable bonds is 2. The summed E-state index contributed by atoms with van der Waals surface area (Å²) in [5.41, 5.74) is 12.2. The van der Waals surface area contributed by atoms with Gasteiger partial charge >= 0.3 is 0 Å². The van der Waals surface area contributed by atoms with Crippen LogP contribution in [0.3, 0.4) is 0 Å². The van der Waals surface area contributed by atoms with Crippen molar-refractivity contribution >= 4 is 65.0 Å². The molecule has 0 fully saturated rings. The van der Waals surface area contributed by atoms with Crippen LogP contribution < -0.4 is 0 Å². The first-order valence-corrected chi connectivity index (χ1v) is 17.5. The molecule has 0 spiro atoms. The Balaban J connectivity index is 1.19. The molecule has 1 aliphatic carbocycles. The second kappa shape index (κ2) is 9.94. The van der Waals surface area contributed by atoms with E-state index in [0.717, 1.165) is 11.2 Å². The normalized spacial score (nSPS) is 13.6. The zero-order valence-corrected chi connectivity index (χ0v) is 27.9. The largest absolute Gasteiger partial charge is 0.456 e. The van der Waals surface area contributed by atoms with Gasteiger partial charge in [-0.05, 0) is 106 Å². The number of hydrogen-bond donors (Lipinski definition) is 0. The minimum atomic E-state index is -0.173. The van der Waals surface area contributed by atoms with E-state index in [1.807, 2.05) is 0 Å². The molecule has 0 amide bonds. The summed E-state index contributed by atoms with van der Waals surface area (Å²) in [5, 5.41) is 12.6. The molecule has 10 aromatic rings. The fourth-order valence-corrected chi connectivity index (χ4v) is 9.11. The molecule has 0 saturated heterocycles. The molecule has 1 aliphatic rings. The Bertz CT molecular complexity index is 3010. The molecule has 0 N–H and O–H groups in total. The third kappa shape index (κ3) is 3.67. The van der Waals surface area contributed by atoms with E-state index >= 15 is 0 Å². The van der Waals surface area contributed by atoms with Crippen LogP contribution in [0.25, 0.3) is 98.4 Å². The van der Waals surface area contributed by atoms with Gasteiger partial charge in [-0.15, -0.1) is 0 Å². The molecule has 234 valence electrons. The Morgan fingerprint density at radius 3 is 1.66 bits per heavy atom. The van der Waals surface area contributed by atoms with Crippen LogP contribution in [0.15, 0.2) is 162 Å². The van der Waals surface area contributed by atoms with Crippen LogP contribution >= 0.6 is 0 Å². The molecule has 0 aliphatic heterocycles. The highest BCUT2D eigenvalue weighted by Gasteiger charge is 2.37. The van der Waals surface area contributed by atoms with E-state index in [0.29, 0.717) is 0 Å². The summed E-state index contributed by atoms with van der Waals surface area (Å²) in [6, 6.07) is 58.2. The Labute approximate surface area is 290 Å². The van der Waals surface area contributed by atoms with Gasteiger partial charge in [0.1, 0.15) is 11.2 Å². The first-order valence-electron chi connectivity index (χ1n) is 17.5. The molecule has 11 rings (SSSR count). The molecule has 0 atom stereocenters. The minimum Gasteiger partial charge on any atom is -0.456 e. The van der Waals surface area contributed by atoms with Gasteiger partial charge in [-0.2, -0.15) is 0 Å². The van der Waals surface area contributed by atoms with Crippen LogP contribution in [0.2, 0.25) is 0 Å². The van der Waals surface area contributed by atoms with E-state index in [1.54, 1.807) is 0 Å². The molecule has 0 bridgehead atoms. The van der Waals surface area contributed by atoms with Crippen LogP contribution in [0.1, 0.15) is 25.0 Å². The third-order valence-corrected chi connectivity index (χ3v) is 11.4. The van der Waals surface area contributed by atoms with Crippen LogP contribution in [-0.2, 0) is 5.41 Å². The molecule has 0 radical (unpaired) electrons. The SMILES string of the molecule is CC1(C)c2cc(-c3c4ccccc4c(-c4ccc5ccccc5c4)c4ccccc34)ccc2-c2c1ccc1ccc3oc4ccccc4c3c21. The second-order valence-electron chi connectivity index (χ2n) is 14.4. The van der Waals surface area contributed by atoms with Gasteiger partial charge in [0.05, 0.1) is 0 Å². The summed E-state index contributed by atoms with van der Waals surface area (Å²) in [5.74, 6) is 0. The van der Waals surface area contributed by atoms with E-state index < -0.39 is 0 Å². The van der Waals surface area contributed by atoms with Gasteiger partial charge in [-0.1, -0.05) is 147 Å². The van der Waals surface area contributed by atoms with E-state index in [4.69, 9.17) is 4.42 Å². The highest BCUT2D eigenvalue weighted by molar-refractivity contribution is 6.25. The average Bonchev–Trinajstić information content (AvgIpc) is 3.65. The van der Waals surface area contributed by atoms with Gasteiger partial charge in [-0.3, -0.25) is 0 Å². The maximum atomic E-state index is 6.38. The Hall–Kier alpha value is -6.18. The maximum Gasteiger partial charge on any atom is 0.136 e. The van der Waals surface area contributed by atoms with Crippen molar-refractivity contribution in [2.45, 2.75) is 19.3 Å². The lowest BCUT2D eigenvalue weighted by molar-refractivity contribution is 0.661. The van der Waals surface area contributed by atoms with Gasteiger partial charge in [-0.25, -0.2) is 0 Å². The lowest BCUT2D eigenvalue weighted by Crippen LogP contribution is -2.15. The maximum absolute atomic E-state index is 6.38. The first kappa shape index (κ1) is 27.7. The van der Waals surface area contributed by atoms with Gasteiger partial charge in [0.25, 0.3) is 0 Å². The first-order chi connectivity index (χ1) is 24.6. The van der Waals surface area contributed by atoms with E-state index in [2.05, 4.69) is 172 Å². The number of fused-ring (bicyclic) bond motifs is 12. The van der Waals surface area contributed by atoms with Crippen molar-refractivity contribution in [2.24, 2.45) is 0 Å². The molecule has 9 aromatic carbocycles. The number of para-hydroxylation sites is 1. The van der Waals surface area contributed by atoms with Gasteiger partial charge in [0.15, 0.2) is 0 Å². The van der Waals surface area contributed by atoms with Gasteiger partial charge in [0, 0.05) is 21.6 Å². The minimum absolute atomic E-state index is 0.173. The number of furan rings is 1. The van der Waals surface area contributed by atoms with Crippen molar-refractivity contribution < 1.29 is 4.42 Å². The third-order valence-electron chi connectivity index (χ3n) is 11.4. The summed E-state index contributed by atoms with van der Waals surface area (Å²) < 4.78 is 6.38. The number of benzene rings is 9. The second-order valence-corrected chi connectivity index (χ2v) is 14.4. The summed E-state index contributed by atoms with van der Waals surface area (Å²) in [6.45, 7) is 4.78. The van der Waals surface area contributed by atoms with Crippen molar-refractivity contribution in [1.82, 2.24) is 0 Å². The molecule has 1 nitrogen and oxygen atoms in total. The molecular weight excluding hydrogens is 605 g/mol. The highest BCUT2D eigenvalue weighted by Crippen LogP contribution is 2.55. The fraction of sp³-hybridized carbons (Fsp3) is 0.0612. The molecule has 1 heterocycles. The lowest BCUT2D eigenvalue weighted by atomic mass is 9.80. The summed E-state index contributed by atoms with van der Waals surface area (Å²) in [6.07, 6.45) is 0. The summed E-state index contributed by atoms with van der Waals surface area (Å²) in [7, 11) is 0. The van der Waals surface area contributed by atoms with Crippen molar-refractivity contribution in [1.29, 1.82) is 0 Å². The van der Waals surface area contributed by atoms with Crippen molar-refractivity contribution in [3.8, 4) is 33.4 Å². The van der Waals surface area contributed by atoms with Crippen molar-refractivity contribution in [3.05, 3.63) is 169 Å². The predicted octanol–water partition coefficient (Wildman–Crippen LogP) is 13.8. The fourth-order valence-electron chi connectivity index (χ4n) is 9.11.